The first-order chi connectivity index (χ1) is 11.8. The molecule has 2 rings (SSSR count). The fourth-order valence-electron chi connectivity index (χ4n) is 2.47. The molecule has 2 N–H and O–H groups in total. The van der Waals surface area contributed by atoms with Gasteiger partial charge in [-0.2, -0.15) is 0 Å². The molecule has 6 heteroatoms. The minimum absolute atomic E-state index is 0.154. The van der Waals surface area contributed by atoms with Crippen molar-refractivity contribution in [1.82, 2.24) is 5.32 Å². The van der Waals surface area contributed by atoms with Crippen molar-refractivity contribution in [2.45, 2.75) is 20.8 Å². The van der Waals surface area contributed by atoms with Gasteiger partial charge in [0.15, 0.2) is 6.61 Å². The summed E-state index contributed by atoms with van der Waals surface area (Å²) in [6.45, 7) is 5.43. The minimum Gasteiger partial charge on any atom is -0.484 e. The third kappa shape index (κ3) is 5.60. The maximum atomic E-state index is 12.8. The zero-order valence-corrected chi connectivity index (χ0v) is 14.5. The van der Waals surface area contributed by atoms with Crippen LogP contribution in [0, 0.1) is 26.6 Å². The summed E-state index contributed by atoms with van der Waals surface area (Å²) in [6, 6.07) is 9.31. The molecule has 5 nitrogen and oxygen atoms in total. The molecule has 2 aromatic carbocycles. The van der Waals surface area contributed by atoms with Gasteiger partial charge in [-0.25, -0.2) is 4.39 Å². The third-order valence-corrected chi connectivity index (χ3v) is 3.57. The Bertz CT molecular complexity index is 750. The van der Waals surface area contributed by atoms with Gasteiger partial charge >= 0.3 is 0 Å². The molecule has 0 radical (unpaired) electrons. The van der Waals surface area contributed by atoms with Crippen LogP contribution in [0.5, 0.6) is 5.75 Å². The predicted molar refractivity (Wildman–Crippen MR) is 94.2 cm³/mol. The molecule has 0 bridgehead atoms. The lowest BCUT2D eigenvalue weighted by Gasteiger charge is -2.13. The van der Waals surface area contributed by atoms with Crippen molar-refractivity contribution >= 4 is 17.5 Å². The van der Waals surface area contributed by atoms with Crippen LogP contribution >= 0.6 is 0 Å². The molecule has 0 aliphatic carbocycles. The number of carbonyl (C=O) groups is 2. The topological polar surface area (TPSA) is 67.4 Å². The highest BCUT2D eigenvalue weighted by Crippen LogP contribution is 2.21. The molecule has 2 aromatic rings. The van der Waals surface area contributed by atoms with E-state index >= 15 is 0 Å². The van der Waals surface area contributed by atoms with Gasteiger partial charge in [0.05, 0.1) is 6.54 Å². The highest BCUT2D eigenvalue weighted by atomic mass is 19.1. The van der Waals surface area contributed by atoms with Crippen LogP contribution in [0.1, 0.15) is 16.7 Å². The van der Waals surface area contributed by atoms with Gasteiger partial charge in [0.25, 0.3) is 5.91 Å². The molecule has 2 amide bonds. The highest BCUT2D eigenvalue weighted by molar-refractivity contribution is 5.95. The zero-order valence-electron chi connectivity index (χ0n) is 14.5. The lowest BCUT2D eigenvalue weighted by Crippen LogP contribution is -2.36. The Balaban J connectivity index is 1.79. The second-order valence-corrected chi connectivity index (χ2v) is 5.84. The standard InChI is InChI=1S/C19H21FN2O3/c1-12-8-13(2)19(14(3)9-12)22-17(23)10-21-18(24)11-25-16-6-4-15(20)5-7-16/h4-9H,10-11H2,1-3H3,(H,21,24)(H,22,23). The summed E-state index contributed by atoms with van der Waals surface area (Å²) in [5.41, 5.74) is 3.82. The van der Waals surface area contributed by atoms with Gasteiger partial charge in [-0.05, 0) is 56.2 Å². The third-order valence-electron chi connectivity index (χ3n) is 3.57. The minimum atomic E-state index is -0.433. The molecule has 0 heterocycles. The summed E-state index contributed by atoms with van der Waals surface area (Å²) in [5.74, 6) is -0.746. The Morgan fingerprint density at radius 3 is 2.20 bits per heavy atom. The van der Waals surface area contributed by atoms with E-state index in [0.29, 0.717) is 5.75 Å². The maximum Gasteiger partial charge on any atom is 0.258 e. The van der Waals surface area contributed by atoms with Crippen molar-refractivity contribution < 1.29 is 18.7 Å². The lowest BCUT2D eigenvalue weighted by atomic mass is 10.1. The molecule has 0 aliphatic rings. The first-order valence-electron chi connectivity index (χ1n) is 7.88. The number of benzene rings is 2. The first kappa shape index (κ1) is 18.4. The average molecular weight is 344 g/mol. The maximum absolute atomic E-state index is 12.8. The van der Waals surface area contributed by atoms with Gasteiger partial charge in [-0.15, -0.1) is 0 Å². The van der Waals surface area contributed by atoms with E-state index in [1.807, 2.05) is 32.9 Å². The Kier molecular flexibility index (Phi) is 6.11. The van der Waals surface area contributed by atoms with Gasteiger partial charge in [0.1, 0.15) is 11.6 Å². The molecule has 0 saturated carbocycles. The van der Waals surface area contributed by atoms with E-state index in [-0.39, 0.29) is 24.9 Å². The van der Waals surface area contributed by atoms with Crippen LogP contribution in [0.15, 0.2) is 36.4 Å². The van der Waals surface area contributed by atoms with E-state index in [9.17, 15) is 14.0 Å². The van der Waals surface area contributed by atoms with Crippen LogP contribution in [0.25, 0.3) is 0 Å². The van der Waals surface area contributed by atoms with Crippen molar-refractivity contribution in [2.75, 3.05) is 18.5 Å². The summed E-state index contributed by atoms with van der Waals surface area (Å²) in [4.78, 5) is 23.7. The van der Waals surface area contributed by atoms with E-state index in [4.69, 9.17) is 4.74 Å². The Hall–Kier alpha value is -2.89. The molecule has 0 saturated heterocycles. The summed E-state index contributed by atoms with van der Waals surface area (Å²) in [5, 5.41) is 5.29. The molecular weight excluding hydrogens is 323 g/mol. The van der Waals surface area contributed by atoms with Crippen molar-refractivity contribution in [3.8, 4) is 5.75 Å². The molecule has 0 aliphatic heterocycles. The highest BCUT2D eigenvalue weighted by Gasteiger charge is 2.10. The van der Waals surface area contributed by atoms with E-state index in [0.717, 1.165) is 22.4 Å². The molecule has 0 spiro atoms. The Morgan fingerprint density at radius 2 is 1.60 bits per heavy atom. The molecule has 25 heavy (non-hydrogen) atoms. The fraction of sp³-hybridized carbons (Fsp3) is 0.263. The number of anilines is 1. The van der Waals surface area contributed by atoms with Crippen LogP contribution in [-0.4, -0.2) is 25.0 Å². The van der Waals surface area contributed by atoms with Crippen molar-refractivity contribution in [3.63, 3.8) is 0 Å². The molecular formula is C19H21FN2O3. The molecule has 0 unspecified atom stereocenters. The monoisotopic (exact) mass is 344 g/mol. The van der Waals surface area contributed by atoms with E-state index in [1.165, 1.54) is 24.3 Å². The van der Waals surface area contributed by atoms with Gasteiger partial charge in [0.2, 0.25) is 5.91 Å². The number of aryl methyl sites for hydroxylation is 3. The quantitative estimate of drug-likeness (QED) is 0.847. The fourth-order valence-corrected chi connectivity index (χ4v) is 2.47. The Labute approximate surface area is 146 Å². The van der Waals surface area contributed by atoms with E-state index in [2.05, 4.69) is 10.6 Å². The van der Waals surface area contributed by atoms with E-state index in [1.54, 1.807) is 0 Å². The number of amides is 2. The number of hydrogen-bond acceptors (Lipinski definition) is 3. The molecule has 0 atom stereocenters. The van der Waals surface area contributed by atoms with Crippen LogP contribution in [0.3, 0.4) is 0 Å². The number of halogens is 1. The smallest absolute Gasteiger partial charge is 0.258 e. The second kappa shape index (κ2) is 8.28. The molecule has 0 aromatic heterocycles. The van der Waals surface area contributed by atoms with Crippen LogP contribution in [-0.2, 0) is 9.59 Å². The number of hydrogen-bond donors (Lipinski definition) is 2. The zero-order chi connectivity index (χ0) is 18.4. The predicted octanol–water partition coefficient (Wildman–Crippen LogP) is 2.88. The van der Waals surface area contributed by atoms with Crippen LogP contribution < -0.4 is 15.4 Å². The number of nitrogens with one attached hydrogen (secondary N) is 2. The van der Waals surface area contributed by atoms with Crippen molar-refractivity contribution in [3.05, 3.63) is 58.9 Å². The summed E-state index contributed by atoms with van der Waals surface area (Å²) >= 11 is 0. The summed E-state index contributed by atoms with van der Waals surface area (Å²) < 4.78 is 18.0. The molecule has 0 fully saturated rings. The number of rotatable bonds is 6. The molecule has 132 valence electrons. The van der Waals surface area contributed by atoms with Crippen LogP contribution in [0.2, 0.25) is 0 Å². The normalized spacial score (nSPS) is 10.2. The number of carbonyl (C=O) groups excluding carboxylic acids is 2. The lowest BCUT2D eigenvalue weighted by molar-refractivity contribution is -0.125. The Morgan fingerprint density at radius 1 is 1.00 bits per heavy atom. The first-order valence-corrected chi connectivity index (χ1v) is 7.88. The largest absolute Gasteiger partial charge is 0.484 e. The van der Waals surface area contributed by atoms with Crippen molar-refractivity contribution in [2.24, 2.45) is 0 Å². The van der Waals surface area contributed by atoms with Gasteiger partial charge in [-0.3, -0.25) is 9.59 Å². The summed E-state index contributed by atoms with van der Waals surface area (Å²) in [6.07, 6.45) is 0. The van der Waals surface area contributed by atoms with Gasteiger partial charge in [0, 0.05) is 5.69 Å². The number of ether oxygens (including phenoxy) is 1. The summed E-state index contributed by atoms with van der Waals surface area (Å²) in [7, 11) is 0. The van der Waals surface area contributed by atoms with Gasteiger partial charge < -0.3 is 15.4 Å². The van der Waals surface area contributed by atoms with Crippen molar-refractivity contribution in [1.29, 1.82) is 0 Å². The SMILES string of the molecule is Cc1cc(C)c(NC(=O)CNC(=O)COc2ccc(F)cc2)c(C)c1. The second-order valence-electron chi connectivity index (χ2n) is 5.84. The van der Waals surface area contributed by atoms with Crippen LogP contribution in [0.4, 0.5) is 10.1 Å². The van der Waals surface area contributed by atoms with E-state index < -0.39 is 5.91 Å². The average Bonchev–Trinajstić information content (AvgIpc) is 2.55. The van der Waals surface area contributed by atoms with Gasteiger partial charge in [-0.1, -0.05) is 17.7 Å².